The van der Waals surface area contributed by atoms with Crippen LogP contribution < -0.4 is 5.32 Å². The lowest BCUT2D eigenvalue weighted by Gasteiger charge is -2.09. The minimum absolute atomic E-state index is 0.255. The molecule has 1 N–H and O–H groups in total. The quantitative estimate of drug-likeness (QED) is 0.748. The second kappa shape index (κ2) is 6.75. The van der Waals surface area contributed by atoms with Gasteiger partial charge in [0.05, 0.1) is 11.9 Å². The Morgan fingerprint density at radius 1 is 1.26 bits per heavy atom. The van der Waals surface area contributed by atoms with E-state index in [0.29, 0.717) is 16.7 Å². The number of nitrogens with zero attached hydrogens (tertiary/aromatic N) is 2. The first-order valence-electron chi connectivity index (χ1n) is 6.93. The third-order valence-corrected chi connectivity index (χ3v) is 3.97. The molecular weight excluding hydrogens is 361 g/mol. The molecule has 6 heteroatoms. The van der Waals surface area contributed by atoms with Gasteiger partial charge < -0.3 is 9.88 Å². The van der Waals surface area contributed by atoms with Crippen LogP contribution in [0.5, 0.6) is 0 Å². The lowest BCUT2D eigenvalue weighted by molar-refractivity contribution is 0.102. The predicted octanol–water partition coefficient (Wildman–Crippen LogP) is 4.09. The van der Waals surface area contributed by atoms with Crippen molar-refractivity contribution in [2.45, 2.75) is 6.54 Å². The highest BCUT2D eigenvalue weighted by atomic mass is 79.9. The second-order valence-corrected chi connectivity index (χ2v) is 5.87. The molecule has 0 bridgehead atoms. The number of rotatable bonds is 4. The number of amides is 1. The first kappa shape index (κ1) is 15.4. The van der Waals surface area contributed by atoms with E-state index in [0.717, 1.165) is 5.56 Å². The van der Waals surface area contributed by atoms with Crippen molar-refractivity contribution in [3.8, 4) is 0 Å². The SMILES string of the molecule is O=C(Nc1cccc(Cn2ccnc2)c1)c1cc(F)ccc1Br. The number of carbonyl (C=O) groups is 1. The van der Waals surface area contributed by atoms with Gasteiger partial charge in [-0.15, -0.1) is 0 Å². The molecule has 1 amide bonds. The summed E-state index contributed by atoms with van der Waals surface area (Å²) in [7, 11) is 0. The van der Waals surface area contributed by atoms with Crippen LogP contribution in [0.4, 0.5) is 10.1 Å². The molecule has 0 atom stereocenters. The van der Waals surface area contributed by atoms with Gasteiger partial charge >= 0.3 is 0 Å². The Bertz CT molecular complexity index is 834. The number of hydrogen-bond acceptors (Lipinski definition) is 2. The fourth-order valence-electron chi connectivity index (χ4n) is 2.21. The van der Waals surface area contributed by atoms with E-state index in [2.05, 4.69) is 26.2 Å². The maximum Gasteiger partial charge on any atom is 0.256 e. The highest BCUT2D eigenvalue weighted by Crippen LogP contribution is 2.20. The van der Waals surface area contributed by atoms with Gasteiger partial charge in [-0.1, -0.05) is 12.1 Å². The molecule has 0 saturated heterocycles. The van der Waals surface area contributed by atoms with Crippen LogP contribution in [-0.4, -0.2) is 15.5 Å². The zero-order valence-electron chi connectivity index (χ0n) is 12.0. The molecule has 116 valence electrons. The van der Waals surface area contributed by atoms with Crippen LogP contribution in [-0.2, 0) is 6.54 Å². The molecule has 2 aromatic carbocycles. The molecule has 0 aliphatic heterocycles. The van der Waals surface area contributed by atoms with Crippen LogP contribution >= 0.6 is 15.9 Å². The predicted molar refractivity (Wildman–Crippen MR) is 89.8 cm³/mol. The number of hydrogen-bond donors (Lipinski definition) is 1. The number of carbonyl (C=O) groups excluding carboxylic acids is 1. The first-order valence-corrected chi connectivity index (χ1v) is 7.72. The number of imidazole rings is 1. The molecule has 1 aromatic heterocycles. The summed E-state index contributed by atoms with van der Waals surface area (Å²) in [5.74, 6) is -0.816. The van der Waals surface area contributed by atoms with Crippen molar-refractivity contribution in [1.29, 1.82) is 0 Å². The molecule has 1 heterocycles. The average molecular weight is 374 g/mol. The van der Waals surface area contributed by atoms with Gasteiger partial charge in [-0.2, -0.15) is 0 Å². The van der Waals surface area contributed by atoms with Crippen molar-refractivity contribution in [2.75, 3.05) is 5.32 Å². The minimum Gasteiger partial charge on any atom is -0.333 e. The molecule has 23 heavy (non-hydrogen) atoms. The van der Waals surface area contributed by atoms with Crippen molar-refractivity contribution < 1.29 is 9.18 Å². The van der Waals surface area contributed by atoms with E-state index < -0.39 is 5.82 Å². The maximum absolute atomic E-state index is 13.3. The van der Waals surface area contributed by atoms with E-state index in [1.165, 1.54) is 18.2 Å². The molecule has 3 aromatic rings. The summed E-state index contributed by atoms with van der Waals surface area (Å²) in [6.45, 7) is 0.660. The van der Waals surface area contributed by atoms with Gasteiger partial charge in [-0.05, 0) is 51.8 Å². The molecule has 0 fully saturated rings. The normalized spacial score (nSPS) is 10.5. The monoisotopic (exact) mass is 373 g/mol. The Hall–Kier alpha value is -2.47. The Kier molecular flexibility index (Phi) is 4.52. The third kappa shape index (κ3) is 3.84. The topological polar surface area (TPSA) is 46.9 Å². The zero-order chi connectivity index (χ0) is 16.2. The van der Waals surface area contributed by atoms with Gasteiger partial charge in [-0.3, -0.25) is 4.79 Å². The maximum atomic E-state index is 13.3. The molecule has 0 unspecified atom stereocenters. The standard InChI is InChI=1S/C17H13BrFN3O/c18-16-5-4-13(19)9-15(16)17(23)21-14-3-1-2-12(8-14)10-22-7-6-20-11-22/h1-9,11H,10H2,(H,21,23). The van der Waals surface area contributed by atoms with E-state index in [9.17, 15) is 9.18 Å². The second-order valence-electron chi connectivity index (χ2n) is 5.01. The largest absolute Gasteiger partial charge is 0.333 e. The summed E-state index contributed by atoms with van der Waals surface area (Å²) in [5, 5.41) is 2.79. The van der Waals surface area contributed by atoms with Crippen LogP contribution in [0.1, 0.15) is 15.9 Å². The smallest absolute Gasteiger partial charge is 0.256 e. The zero-order valence-corrected chi connectivity index (χ0v) is 13.6. The molecule has 0 aliphatic rings. The van der Waals surface area contributed by atoms with Gasteiger partial charge in [0.25, 0.3) is 5.91 Å². The van der Waals surface area contributed by atoms with Crippen LogP contribution in [0.2, 0.25) is 0 Å². The first-order chi connectivity index (χ1) is 11.1. The van der Waals surface area contributed by atoms with Crippen molar-refractivity contribution >= 4 is 27.5 Å². The Morgan fingerprint density at radius 2 is 2.13 bits per heavy atom. The number of aromatic nitrogens is 2. The van der Waals surface area contributed by atoms with Crippen LogP contribution in [0.15, 0.2) is 65.7 Å². The highest BCUT2D eigenvalue weighted by molar-refractivity contribution is 9.10. The van der Waals surface area contributed by atoms with Crippen molar-refractivity contribution in [2.24, 2.45) is 0 Å². The Balaban J connectivity index is 1.77. The molecule has 0 radical (unpaired) electrons. The fraction of sp³-hybridized carbons (Fsp3) is 0.0588. The van der Waals surface area contributed by atoms with Gasteiger partial charge in [0.1, 0.15) is 5.82 Å². The summed E-state index contributed by atoms with van der Waals surface area (Å²) in [6, 6.07) is 11.5. The number of benzene rings is 2. The van der Waals surface area contributed by atoms with Gasteiger partial charge in [-0.25, -0.2) is 9.37 Å². The Morgan fingerprint density at radius 3 is 2.91 bits per heavy atom. The summed E-state index contributed by atoms with van der Waals surface area (Å²) < 4.78 is 15.8. The van der Waals surface area contributed by atoms with Crippen LogP contribution in [0.25, 0.3) is 0 Å². The molecule has 3 rings (SSSR count). The van der Waals surface area contributed by atoms with Gasteiger partial charge in [0, 0.05) is 29.1 Å². The fourth-order valence-corrected chi connectivity index (χ4v) is 2.64. The molecule has 0 aliphatic carbocycles. The summed E-state index contributed by atoms with van der Waals surface area (Å²) in [4.78, 5) is 16.3. The van der Waals surface area contributed by atoms with E-state index in [1.54, 1.807) is 18.6 Å². The van der Waals surface area contributed by atoms with Crippen molar-refractivity contribution in [3.63, 3.8) is 0 Å². The molecule has 0 spiro atoms. The summed E-state index contributed by atoms with van der Waals surface area (Å²) >= 11 is 3.26. The number of anilines is 1. The van der Waals surface area contributed by atoms with Gasteiger partial charge in [0.15, 0.2) is 0 Å². The lowest BCUT2D eigenvalue weighted by atomic mass is 10.1. The van der Waals surface area contributed by atoms with E-state index >= 15 is 0 Å². The average Bonchev–Trinajstić information content (AvgIpc) is 3.03. The van der Waals surface area contributed by atoms with Crippen molar-refractivity contribution in [3.05, 3.63) is 82.6 Å². The van der Waals surface area contributed by atoms with Crippen LogP contribution in [0, 0.1) is 5.82 Å². The minimum atomic E-state index is -0.452. The van der Waals surface area contributed by atoms with E-state index in [1.807, 2.05) is 29.0 Å². The molecule has 0 saturated carbocycles. The van der Waals surface area contributed by atoms with Gasteiger partial charge in [0.2, 0.25) is 0 Å². The molecule has 4 nitrogen and oxygen atoms in total. The number of nitrogens with one attached hydrogen (secondary N) is 1. The van der Waals surface area contributed by atoms with Crippen LogP contribution in [0.3, 0.4) is 0 Å². The summed E-state index contributed by atoms with van der Waals surface area (Å²) in [6.07, 6.45) is 5.32. The lowest BCUT2D eigenvalue weighted by Crippen LogP contribution is -2.13. The van der Waals surface area contributed by atoms with E-state index in [-0.39, 0.29) is 11.5 Å². The van der Waals surface area contributed by atoms with E-state index in [4.69, 9.17) is 0 Å². The van der Waals surface area contributed by atoms with Crippen molar-refractivity contribution in [1.82, 2.24) is 9.55 Å². The number of halogens is 2. The summed E-state index contributed by atoms with van der Waals surface area (Å²) in [5.41, 5.74) is 1.94. The Labute approximate surface area is 141 Å². The highest BCUT2D eigenvalue weighted by Gasteiger charge is 2.11. The molecular formula is C17H13BrFN3O. The third-order valence-electron chi connectivity index (χ3n) is 3.28.